The van der Waals surface area contributed by atoms with Crippen LogP contribution in [-0.4, -0.2) is 46.0 Å². The molecule has 1 heterocycles. The van der Waals surface area contributed by atoms with Crippen LogP contribution >= 0.6 is 7.75 Å². The summed E-state index contributed by atoms with van der Waals surface area (Å²) in [5.74, 6) is -0.444. The average molecular weight is 530 g/mol. The SMILES string of the molecule is CC(C)OC(=O)[C@H](C)N[P@](=O)(OC[C@H](C)O[C@@H](n1ccc(=O)[nH]c1=O)C(C)(C)F)Oc1ccccc1. The number of halogens is 1. The molecule has 1 aromatic heterocycles. The van der Waals surface area contributed by atoms with Crippen LogP contribution < -0.4 is 20.9 Å². The van der Waals surface area contributed by atoms with Gasteiger partial charge in [0, 0.05) is 12.3 Å². The Morgan fingerprint density at radius 3 is 2.33 bits per heavy atom. The maximum Gasteiger partial charge on any atom is 0.459 e. The summed E-state index contributed by atoms with van der Waals surface area (Å²) in [6.45, 7) is 8.35. The van der Waals surface area contributed by atoms with Gasteiger partial charge in [-0.25, -0.2) is 13.8 Å². The van der Waals surface area contributed by atoms with Crippen molar-refractivity contribution in [2.45, 2.75) is 71.7 Å². The van der Waals surface area contributed by atoms with Gasteiger partial charge in [-0.15, -0.1) is 0 Å². The van der Waals surface area contributed by atoms with Gasteiger partial charge >= 0.3 is 19.4 Å². The second-order valence-electron chi connectivity index (χ2n) is 8.91. The van der Waals surface area contributed by atoms with Crippen molar-refractivity contribution in [2.75, 3.05) is 6.61 Å². The number of nitrogens with zero attached hydrogens (tertiary/aromatic N) is 1. The maximum atomic E-state index is 14.9. The number of benzene rings is 1. The average Bonchev–Trinajstić information content (AvgIpc) is 2.76. The number of ether oxygens (including phenoxy) is 2. The summed E-state index contributed by atoms with van der Waals surface area (Å²) >= 11 is 0. The van der Waals surface area contributed by atoms with Crippen LogP contribution in [0.5, 0.6) is 5.75 Å². The van der Waals surface area contributed by atoms with Crippen molar-refractivity contribution < 1.29 is 32.3 Å². The molecule has 0 amide bonds. The largest absolute Gasteiger partial charge is 0.462 e. The third-order valence-corrected chi connectivity index (χ3v) is 6.20. The van der Waals surface area contributed by atoms with E-state index in [0.29, 0.717) is 0 Å². The quantitative estimate of drug-likeness (QED) is 0.296. The standard InChI is InChI=1S/C23H33FN3O8P/c1-15(2)33-20(29)17(4)26-36(31,35-18-10-8-7-9-11-18)32-14-16(3)34-21(23(5,6)24)27-13-12-19(28)25-22(27)30/h7-13,15-17,21H,14H2,1-6H3,(H,26,31)(H,25,28,30)/t16-,17-,21+,36-/m0/s1. The van der Waals surface area contributed by atoms with Crippen molar-refractivity contribution >= 4 is 13.7 Å². The number of carbonyl (C=O) groups is 1. The number of alkyl halides is 1. The van der Waals surface area contributed by atoms with E-state index in [1.807, 2.05) is 4.98 Å². The van der Waals surface area contributed by atoms with Crippen LogP contribution in [0.1, 0.15) is 47.8 Å². The van der Waals surface area contributed by atoms with Gasteiger partial charge in [0.2, 0.25) is 0 Å². The maximum absolute atomic E-state index is 14.9. The molecule has 0 saturated carbocycles. The molecule has 2 aromatic rings. The lowest BCUT2D eigenvalue weighted by Gasteiger charge is -2.31. The molecule has 11 nitrogen and oxygen atoms in total. The first-order valence-electron chi connectivity index (χ1n) is 11.3. The molecule has 0 fully saturated rings. The Bertz CT molecular complexity index is 1160. The summed E-state index contributed by atoms with van der Waals surface area (Å²) < 4.78 is 51.3. The fourth-order valence-corrected chi connectivity index (χ4v) is 4.53. The number of aromatic nitrogens is 2. The molecule has 2 rings (SSSR count). The monoisotopic (exact) mass is 529 g/mol. The Morgan fingerprint density at radius 1 is 1.14 bits per heavy atom. The number of H-pyrrole nitrogens is 1. The van der Waals surface area contributed by atoms with E-state index in [9.17, 15) is 23.3 Å². The minimum Gasteiger partial charge on any atom is -0.462 e. The van der Waals surface area contributed by atoms with Crippen LogP contribution in [0.25, 0.3) is 0 Å². The molecule has 36 heavy (non-hydrogen) atoms. The van der Waals surface area contributed by atoms with E-state index in [2.05, 4.69) is 5.09 Å². The van der Waals surface area contributed by atoms with Crippen molar-refractivity contribution in [1.82, 2.24) is 14.6 Å². The van der Waals surface area contributed by atoms with E-state index in [1.165, 1.54) is 27.7 Å². The highest BCUT2D eigenvalue weighted by molar-refractivity contribution is 7.52. The number of rotatable bonds is 13. The van der Waals surface area contributed by atoms with Crippen LogP contribution in [0.4, 0.5) is 4.39 Å². The first-order valence-corrected chi connectivity index (χ1v) is 12.9. The molecule has 0 radical (unpaired) electrons. The summed E-state index contributed by atoms with van der Waals surface area (Å²) in [5.41, 5.74) is -3.55. The molecule has 0 unspecified atom stereocenters. The van der Waals surface area contributed by atoms with Crippen LogP contribution in [-0.2, 0) is 23.4 Å². The highest BCUT2D eigenvalue weighted by Crippen LogP contribution is 2.45. The van der Waals surface area contributed by atoms with Gasteiger partial charge < -0.3 is 14.0 Å². The van der Waals surface area contributed by atoms with Gasteiger partial charge in [-0.1, -0.05) is 18.2 Å². The summed E-state index contributed by atoms with van der Waals surface area (Å²) in [6, 6.07) is 8.19. The van der Waals surface area contributed by atoms with Gasteiger partial charge in [-0.3, -0.25) is 23.7 Å². The van der Waals surface area contributed by atoms with E-state index < -0.39 is 49.0 Å². The molecule has 1 aromatic carbocycles. The van der Waals surface area contributed by atoms with E-state index in [1.54, 1.807) is 44.2 Å². The van der Waals surface area contributed by atoms with Gasteiger partial charge in [0.25, 0.3) is 5.56 Å². The Hall–Kier alpha value is -2.79. The predicted octanol–water partition coefficient (Wildman–Crippen LogP) is 3.32. The smallest absolute Gasteiger partial charge is 0.459 e. The summed E-state index contributed by atoms with van der Waals surface area (Å²) in [7, 11) is -4.16. The second kappa shape index (κ2) is 12.4. The minimum atomic E-state index is -4.16. The molecule has 0 spiro atoms. The zero-order chi connectivity index (χ0) is 27.1. The number of esters is 1. The molecule has 13 heteroatoms. The molecule has 200 valence electrons. The first kappa shape index (κ1) is 29.4. The lowest BCUT2D eigenvalue weighted by Crippen LogP contribution is -2.42. The third kappa shape index (κ3) is 9.02. The lowest BCUT2D eigenvalue weighted by atomic mass is 10.1. The summed E-state index contributed by atoms with van der Waals surface area (Å²) in [5, 5.41) is 2.54. The van der Waals surface area contributed by atoms with Gasteiger partial charge in [-0.05, 0) is 53.7 Å². The molecule has 0 aliphatic heterocycles. The van der Waals surface area contributed by atoms with Crippen molar-refractivity contribution in [2.24, 2.45) is 0 Å². The van der Waals surface area contributed by atoms with Gasteiger partial charge in [0.15, 0.2) is 11.9 Å². The lowest BCUT2D eigenvalue weighted by molar-refractivity contribution is -0.149. The molecule has 0 bridgehead atoms. The Kier molecular flexibility index (Phi) is 10.2. The van der Waals surface area contributed by atoms with E-state index >= 15 is 0 Å². The van der Waals surface area contributed by atoms with Gasteiger partial charge in [0.1, 0.15) is 11.8 Å². The molecule has 0 saturated heterocycles. The highest BCUT2D eigenvalue weighted by atomic mass is 31.2. The van der Waals surface area contributed by atoms with Crippen molar-refractivity contribution in [3.8, 4) is 5.75 Å². The second-order valence-corrected chi connectivity index (χ2v) is 10.6. The Balaban J connectivity index is 2.20. The molecule has 4 atom stereocenters. The topological polar surface area (TPSA) is 138 Å². The van der Waals surface area contributed by atoms with E-state index in [-0.39, 0.29) is 18.5 Å². The number of hydrogen-bond donors (Lipinski definition) is 2. The highest BCUT2D eigenvalue weighted by Gasteiger charge is 2.36. The molecule has 2 N–H and O–H groups in total. The number of para-hydroxylation sites is 1. The first-order chi connectivity index (χ1) is 16.7. The molecular weight excluding hydrogens is 496 g/mol. The number of nitrogens with one attached hydrogen (secondary N) is 2. The Morgan fingerprint density at radius 2 is 1.78 bits per heavy atom. The third-order valence-electron chi connectivity index (χ3n) is 4.56. The number of hydrogen-bond acceptors (Lipinski definition) is 8. The zero-order valence-electron chi connectivity index (χ0n) is 21.1. The number of carbonyl (C=O) groups excluding carboxylic acids is 1. The number of aromatic amines is 1. The van der Waals surface area contributed by atoms with Crippen molar-refractivity contribution in [3.05, 3.63) is 63.4 Å². The van der Waals surface area contributed by atoms with Gasteiger partial charge in [0.05, 0.1) is 18.8 Å². The van der Waals surface area contributed by atoms with Crippen LogP contribution in [0.2, 0.25) is 0 Å². The van der Waals surface area contributed by atoms with Crippen molar-refractivity contribution in [3.63, 3.8) is 0 Å². The fraction of sp³-hybridized carbons (Fsp3) is 0.522. The van der Waals surface area contributed by atoms with E-state index in [0.717, 1.165) is 16.8 Å². The molecular formula is C23H33FN3O8P. The summed E-state index contributed by atoms with van der Waals surface area (Å²) in [6.07, 6.45) is -1.62. The fourth-order valence-electron chi connectivity index (χ4n) is 2.97. The minimum absolute atomic E-state index is 0.217. The van der Waals surface area contributed by atoms with Crippen LogP contribution in [0.3, 0.4) is 0 Å². The normalized spacial score (nSPS) is 16.1. The molecule has 0 aliphatic rings. The molecule has 0 aliphatic carbocycles. The predicted molar refractivity (Wildman–Crippen MR) is 131 cm³/mol. The summed E-state index contributed by atoms with van der Waals surface area (Å²) in [4.78, 5) is 37.9. The van der Waals surface area contributed by atoms with Crippen LogP contribution in [0.15, 0.2) is 52.2 Å². The van der Waals surface area contributed by atoms with E-state index in [4.69, 9.17) is 18.5 Å². The zero-order valence-corrected chi connectivity index (χ0v) is 22.0. The Labute approximate surface area is 208 Å². The van der Waals surface area contributed by atoms with Gasteiger partial charge in [-0.2, -0.15) is 5.09 Å². The van der Waals surface area contributed by atoms with Crippen molar-refractivity contribution in [1.29, 1.82) is 0 Å². The van der Waals surface area contributed by atoms with Crippen LogP contribution in [0, 0.1) is 0 Å².